The quantitative estimate of drug-likeness (QED) is 0.774. The van der Waals surface area contributed by atoms with Gasteiger partial charge in [-0.3, -0.25) is 9.69 Å². The highest BCUT2D eigenvalue weighted by Gasteiger charge is 2.33. The maximum atomic E-state index is 12.5. The minimum Gasteiger partial charge on any atom is -0.342 e. The largest absolute Gasteiger partial charge is 0.401 e. The molecule has 0 aliphatic carbocycles. The molecule has 2 saturated heterocycles. The molecule has 2 aliphatic rings. The molecule has 4 nitrogen and oxygen atoms in total. The van der Waals surface area contributed by atoms with E-state index in [9.17, 15) is 18.0 Å². The summed E-state index contributed by atoms with van der Waals surface area (Å²) in [5.74, 6) is 0.924. The SMILES string of the molecule is CCN(CC1CCN(C(=O)CCC2CCNC2)C1)CC(F)(F)F. The van der Waals surface area contributed by atoms with Gasteiger partial charge in [0.2, 0.25) is 5.91 Å². The standard InChI is InChI=1S/C16H28F3N3O/c1-2-21(12-16(17,18)19)10-14-6-8-22(11-14)15(23)4-3-13-5-7-20-9-13/h13-14,20H,2-12H2,1H3. The first kappa shape index (κ1) is 18.5. The van der Waals surface area contributed by atoms with Crippen molar-refractivity contribution >= 4 is 5.91 Å². The number of alkyl halides is 3. The molecule has 2 fully saturated rings. The van der Waals surface area contributed by atoms with Crippen LogP contribution in [0.3, 0.4) is 0 Å². The van der Waals surface area contributed by atoms with Crippen LogP contribution >= 0.6 is 0 Å². The van der Waals surface area contributed by atoms with Crippen LogP contribution in [-0.2, 0) is 4.79 Å². The van der Waals surface area contributed by atoms with E-state index in [1.54, 1.807) is 6.92 Å². The van der Waals surface area contributed by atoms with Gasteiger partial charge in [-0.2, -0.15) is 13.2 Å². The van der Waals surface area contributed by atoms with Crippen molar-refractivity contribution < 1.29 is 18.0 Å². The predicted molar refractivity (Wildman–Crippen MR) is 83.1 cm³/mol. The molecule has 23 heavy (non-hydrogen) atoms. The second-order valence-electron chi connectivity index (χ2n) is 6.83. The summed E-state index contributed by atoms with van der Waals surface area (Å²) >= 11 is 0. The van der Waals surface area contributed by atoms with Crippen LogP contribution in [0.5, 0.6) is 0 Å². The molecular formula is C16H28F3N3O. The number of halogens is 3. The highest BCUT2D eigenvalue weighted by atomic mass is 19.4. The highest BCUT2D eigenvalue weighted by Crippen LogP contribution is 2.23. The fourth-order valence-electron chi connectivity index (χ4n) is 3.58. The smallest absolute Gasteiger partial charge is 0.342 e. The van der Waals surface area contributed by atoms with Crippen molar-refractivity contribution in [3.63, 3.8) is 0 Å². The molecule has 0 saturated carbocycles. The molecule has 2 unspecified atom stereocenters. The molecule has 0 radical (unpaired) electrons. The number of hydrogen-bond acceptors (Lipinski definition) is 3. The van der Waals surface area contributed by atoms with E-state index in [1.165, 1.54) is 4.90 Å². The van der Waals surface area contributed by atoms with Gasteiger partial charge in [0.15, 0.2) is 0 Å². The molecule has 2 heterocycles. The fourth-order valence-corrected chi connectivity index (χ4v) is 3.58. The van der Waals surface area contributed by atoms with E-state index in [1.807, 2.05) is 4.90 Å². The number of rotatable bonds is 7. The Morgan fingerprint density at radius 1 is 1.30 bits per heavy atom. The van der Waals surface area contributed by atoms with Crippen LogP contribution in [0.15, 0.2) is 0 Å². The van der Waals surface area contributed by atoms with Crippen molar-refractivity contribution in [1.29, 1.82) is 0 Å². The van der Waals surface area contributed by atoms with Gasteiger partial charge in [0.1, 0.15) is 0 Å². The van der Waals surface area contributed by atoms with Crippen molar-refractivity contribution in [2.75, 3.05) is 45.8 Å². The Labute approximate surface area is 136 Å². The summed E-state index contributed by atoms with van der Waals surface area (Å²) in [6.07, 6.45) is -0.718. The van der Waals surface area contributed by atoms with Crippen molar-refractivity contribution in [2.24, 2.45) is 11.8 Å². The molecule has 7 heteroatoms. The van der Waals surface area contributed by atoms with Gasteiger partial charge in [0, 0.05) is 26.1 Å². The van der Waals surface area contributed by atoms with Crippen LogP contribution in [0.1, 0.15) is 32.6 Å². The highest BCUT2D eigenvalue weighted by molar-refractivity contribution is 5.76. The minimum atomic E-state index is -4.15. The van der Waals surface area contributed by atoms with Crippen LogP contribution < -0.4 is 5.32 Å². The summed E-state index contributed by atoms with van der Waals surface area (Å²) in [6.45, 7) is 5.04. The molecule has 1 amide bonds. The lowest BCUT2D eigenvalue weighted by atomic mass is 10.0. The summed E-state index contributed by atoms with van der Waals surface area (Å²) in [5.41, 5.74) is 0. The Kier molecular flexibility index (Phi) is 6.71. The monoisotopic (exact) mass is 335 g/mol. The van der Waals surface area contributed by atoms with Crippen molar-refractivity contribution in [3.05, 3.63) is 0 Å². The molecule has 2 atom stereocenters. The van der Waals surface area contributed by atoms with Gasteiger partial charge in [-0.05, 0) is 50.7 Å². The Balaban J connectivity index is 1.70. The number of carbonyl (C=O) groups is 1. The zero-order valence-corrected chi connectivity index (χ0v) is 13.9. The first-order valence-corrected chi connectivity index (χ1v) is 8.65. The lowest BCUT2D eigenvalue weighted by Crippen LogP contribution is -2.38. The molecule has 2 aliphatic heterocycles. The summed E-state index contributed by atoms with van der Waals surface area (Å²) in [7, 11) is 0. The van der Waals surface area contributed by atoms with E-state index in [0.717, 1.165) is 32.4 Å². The van der Waals surface area contributed by atoms with Gasteiger partial charge >= 0.3 is 6.18 Å². The first-order valence-electron chi connectivity index (χ1n) is 8.65. The Morgan fingerprint density at radius 3 is 2.70 bits per heavy atom. The average Bonchev–Trinajstić information content (AvgIpc) is 3.14. The fraction of sp³-hybridized carbons (Fsp3) is 0.938. The molecular weight excluding hydrogens is 307 g/mol. The second-order valence-corrected chi connectivity index (χ2v) is 6.83. The van der Waals surface area contributed by atoms with Crippen LogP contribution in [0.2, 0.25) is 0 Å². The molecule has 2 rings (SSSR count). The average molecular weight is 335 g/mol. The maximum Gasteiger partial charge on any atom is 0.401 e. The number of nitrogens with zero attached hydrogens (tertiary/aromatic N) is 2. The van der Waals surface area contributed by atoms with Gasteiger partial charge in [0.05, 0.1) is 6.54 Å². The van der Waals surface area contributed by atoms with Gasteiger partial charge in [-0.25, -0.2) is 0 Å². The van der Waals surface area contributed by atoms with Crippen molar-refractivity contribution in [2.45, 2.75) is 38.8 Å². The van der Waals surface area contributed by atoms with Crippen molar-refractivity contribution in [1.82, 2.24) is 15.1 Å². The van der Waals surface area contributed by atoms with Crippen LogP contribution in [-0.4, -0.2) is 67.7 Å². The van der Waals surface area contributed by atoms with Crippen LogP contribution in [0.25, 0.3) is 0 Å². The van der Waals surface area contributed by atoms with Gasteiger partial charge in [0.25, 0.3) is 0 Å². The van der Waals surface area contributed by atoms with E-state index in [0.29, 0.717) is 38.5 Å². The molecule has 0 bridgehead atoms. The third-order valence-electron chi connectivity index (χ3n) is 4.93. The number of hydrogen-bond donors (Lipinski definition) is 1. The van der Waals surface area contributed by atoms with E-state index >= 15 is 0 Å². The topological polar surface area (TPSA) is 35.6 Å². The lowest BCUT2D eigenvalue weighted by molar-refractivity contribution is -0.146. The Bertz CT molecular complexity index is 383. The second kappa shape index (κ2) is 8.33. The first-order chi connectivity index (χ1) is 10.9. The molecule has 0 aromatic heterocycles. The molecule has 0 aromatic carbocycles. The number of amides is 1. The van der Waals surface area contributed by atoms with E-state index < -0.39 is 12.7 Å². The van der Waals surface area contributed by atoms with Crippen LogP contribution in [0.4, 0.5) is 13.2 Å². The normalized spacial score (nSPS) is 25.5. The van der Waals surface area contributed by atoms with E-state index in [4.69, 9.17) is 0 Å². The Hall–Kier alpha value is -0.820. The zero-order valence-electron chi connectivity index (χ0n) is 13.9. The predicted octanol–water partition coefficient (Wildman–Crippen LogP) is 2.11. The number of likely N-dealkylation sites (tertiary alicyclic amines) is 1. The third-order valence-corrected chi connectivity index (χ3v) is 4.93. The van der Waals surface area contributed by atoms with E-state index in [2.05, 4.69) is 5.32 Å². The molecule has 0 aromatic rings. The van der Waals surface area contributed by atoms with E-state index in [-0.39, 0.29) is 11.8 Å². The molecule has 0 spiro atoms. The number of carbonyl (C=O) groups excluding carboxylic acids is 1. The van der Waals surface area contributed by atoms with Gasteiger partial charge in [-0.15, -0.1) is 0 Å². The summed E-state index contributed by atoms with van der Waals surface area (Å²) < 4.78 is 37.5. The zero-order chi connectivity index (χ0) is 16.9. The number of nitrogens with one attached hydrogen (secondary N) is 1. The molecule has 134 valence electrons. The lowest BCUT2D eigenvalue weighted by Gasteiger charge is -2.25. The third kappa shape index (κ3) is 6.30. The van der Waals surface area contributed by atoms with Crippen molar-refractivity contribution in [3.8, 4) is 0 Å². The minimum absolute atomic E-state index is 0.161. The maximum absolute atomic E-state index is 12.5. The van der Waals surface area contributed by atoms with Crippen LogP contribution in [0, 0.1) is 11.8 Å². The summed E-state index contributed by atoms with van der Waals surface area (Å²) in [4.78, 5) is 15.5. The van der Waals surface area contributed by atoms with Gasteiger partial charge in [-0.1, -0.05) is 6.92 Å². The summed E-state index contributed by atoms with van der Waals surface area (Å²) in [6, 6.07) is 0. The molecule has 1 N–H and O–H groups in total. The van der Waals surface area contributed by atoms with Gasteiger partial charge < -0.3 is 10.2 Å². The summed E-state index contributed by atoms with van der Waals surface area (Å²) in [5, 5.41) is 3.30. The Morgan fingerprint density at radius 2 is 2.09 bits per heavy atom.